The maximum Gasteiger partial charge on any atom is 0.228 e. The lowest BCUT2D eigenvalue weighted by Gasteiger charge is -2.23. The summed E-state index contributed by atoms with van der Waals surface area (Å²) in [5, 5.41) is 5.77. The lowest BCUT2D eigenvalue weighted by atomic mass is 9.92. The van der Waals surface area contributed by atoms with Gasteiger partial charge in [0.25, 0.3) is 0 Å². The number of carbonyl (C=O) groups excluding carboxylic acids is 1. The number of rotatable bonds is 3. The number of amides is 1. The zero-order chi connectivity index (χ0) is 15.0. The smallest absolute Gasteiger partial charge is 0.228 e. The van der Waals surface area contributed by atoms with Crippen molar-refractivity contribution in [2.24, 2.45) is 11.3 Å². The van der Waals surface area contributed by atoms with Crippen molar-refractivity contribution in [3.05, 3.63) is 23.8 Å². The Hall–Kier alpha value is -1.69. The van der Waals surface area contributed by atoms with Gasteiger partial charge in [-0.3, -0.25) is 4.79 Å². The van der Waals surface area contributed by atoms with Gasteiger partial charge in [-0.15, -0.1) is 0 Å². The number of methoxy groups -OCH3 is 1. The Morgan fingerprint density at radius 3 is 2.71 bits per heavy atom. The molecule has 1 aromatic rings. The topological polar surface area (TPSA) is 50.4 Å². The van der Waals surface area contributed by atoms with E-state index in [-0.39, 0.29) is 28.7 Å². The highest BCUT2D eigenvalue weighted by Crippen LogP contribution is 2.58. The molecule has 1 aromatic carbocycles. The van der Waals surface area contributed by atoms with Gasteiger partial charge in [0.2, 0.25) is 5.91 Å². The third-order valence-electron chi connectivity index (χ3n) is 4.60. The van der Waals surface area contributed by atoms with Crippen LogP contribution in [0.3, 0.4) is 0 Å². The molecule has 1 amide bonds. The first-order valence-electron chi connectivity index (χ1n) is 7.10. The first kappa shape index (κ1) is 14.3. The lowest BCUT2D eigenvalue weighted by molar-refractivity contribution is -0.118. The fraction of sp³-hybridized carbons (Fsp3) is 0.533. The van der Waals surface area contributed by atoms with E-state index >= 15 is 0 Å². The Bertz CT molecular complexity index is 571. The van der Waals surface area contributed by atoms with E-state index in [1.54, 1.807) is 0 Å². The summed E-state index contributed by atoms with van der Waals surface area (Å²) >= 11 is 0. The maximum absolute atomic E-state index is 13.8. The lowest BCUT2D eigenvalue weighted by Crippen LogP contribution is -2.31. The maximum atomic E-state index is 13.8. The fourth-order valence-corrected chi connectivity index (χ4v) is 3.20. The van der Waals surface area contributed by atoms with Crippen molar-refractivity contribution in [3.63, 3.8) is 0 Å². The zero-order valence-electron chi connectivity index (χ0n) is 11.8. The minimum absolute atomic E-state index is 0.0663. The van der Waals surface area contributed by atoms with Gasteiger partial charge in [0.05, 0.1) is 12.8 Å². The molecule has 21 heavy (non-hydrogen) atoms. The van der Waals surface area contributed by atoms with Crippen molar-refractivity contribution in [2.75, 3.05) is 25.5 Å². The molecule has 1 spiro atoms. The highest BCUT2D eigenvalue weighted by atomic mass is 19.1. The van der Waals surface area contributed by atoms with E-state index in [9.17, 15) is 13.6 Å². The Kier molecular flexibility index (Phi) is 3.57. The molecule has 1 aliphatic heterocycles. The molecule has 1 unspecified atom stereocenters. The van der Waals surface area contributed by atoms with Gasteiger partial charge < -0.3 is 15.4 Å². The van der Waals surface area contributed by atoms with Crippen molar-refractivity contribution in [1.82, 2.24) is 5.32 Å². The Balaban J connectivity index is 1.70. The van der Waals surface area contributed by atoms with Crippen LogP contribution < -0.4 is 15.4 Å². The predicted molar refractivity (Wildman–Crippen MR) is 74.2 cm³/mol. The summed E-state index contributed by atoms with van der Waals surface area (Å²) in [5.74, 6) is -1.88. The number of hydrogen-bond acceptors (Lipinski definition) is 3. The number of ether oxygens (including phenoxy) is 1. The van der Waals surface area contributed by atoms with Crippen LogP contribution in [0.4, 0.5) is 14.5 Å². The first-order chi connectivity index (χ1) is 10.1. The molecular weight excluding hydrogens is 278 g/mol. The third kappa shape index (κ3) is 2.60. The average Bonchev–Trinajstić information content (AvgIpc) is 3.16. The summed E-state index contributed by atoms with van der Waals surface area (Å²) in [6, 6.07) is 1.90. The summed E-state index contributed by atoms with van der Waals surface area (Å²) < 4.78 is 32.1. The number of piperidine rings is 1. The van der Waals surface area contributed by atoms with E-state index in [2.05, 4.69) is 10.6 Å². The molecule has 6 heteroatoms. The van der Waals surface area contributed by atoms with E-state index in [4.69, 9.17) is 4.74 Å². The van der Waals surface area contributed by atoms with Crippen molar-refractivity contribution in [3.8, 4) is 5.75 Å². The quantitative estimate of drug-likeness (QED) is 0.900. The second-order valence-corrected chi connectivity index (χ2v) is 5.82. The molecular formula is C15H18F2N2O2. The molecule has 0 radical (unpaired) electrons. The second kappa shape index (κ2) is 5.26. The number of nitrogens with one attached hydrogen (secondary N) is 2. The second-order valence-electron chi connectivity index (χ2n) is 5.82. The summed E-state index contributed by atoms with van der Waals surface area (Å²) in [6.07, 6.45) is 2.76. The van der Waals surface area contributed by atoms with Crippen LogP contribution in [0, 0.1) is 23.0 Å². The van der Waals surface area contributed by atoms with E-state index in [1.807, 2.05) is 0 Å². The Morgan fingerprint density at radius 2 is 2.05 bits per heavy atom. The van der Waals surface area contributed by atoms with Crippen LogP contribution >= 0.6 is 0 Å². The molecule has 1 aliphatic carbocycles. The molecule has 0 bridgehead atoms. The van der Waals surface area contributed by atoms with Gasteiger partial charge in [-0.2, -0.15) is 0 Å². The predicted octanol–water partition coefficient (Wildman–Crippen LogP) is 2.30. The number of halogens is 2. The molecule has 0 aromatic heterocycles. The van der Waals surface area contributed by atoms with E-state index in [0.717, 1.165) is 44.5 Å². The average molecular weight is 296 g/mol. The van der Waals surface area contributed by atoms with Gasteiger partial charge in [-0.05, 0) is 37.8 Å². The van der Waals surface area contributed by atoms with Gasteiger partial charge in [-0.1, -0.05) is 0 Å². The first-order valence-corrected chi connectivity index (χ1v) is 7.10. The molecule has 1 heterocycles. The van der Waals surface area contributed by atoms with Crippen LogP contribution in [0.1, 0.15) is 19.3 Å². The van der Waals surface area contributed by atoms with Crippen molar-refractivity contribution in [1.29, 1.82) is 0 Å². The minimum atomic E-state index is -0.693. The van der Waals surface area contributed by atoms with Gasteiger partial charge in [-0.25, -0.2) is 8.78 Å². The summed E-state index contributed by atoms with van der Waals surface area (Å²) in [5.41, 5.74) is -0.0640. The van der Waals surface area contributed by atoms with Crippen LogP contribution in [0.15, 0.2) is 12.1 Å². The molecule has 1 atom stereocenters. The monoisotopic (exact) mass is 296 g/mol. The highest BCUT2D eigenvalue weighted by Gasteiger charge is 2.57. The van der Waals surface area contributed by atoms with E-state index in [1.165, 1.54) is 7.11 Å². The summed E-state index contributed by atoms with van der Waals surface area (Å²) in [4.78, 5) is 12.2. The Labute approximate surface area is 121 Å². The summed E-state index contributed by atoms with van der Waals surface area (Å²) in [6.45, 7) is 1.82. The SMILES string of the molecule is COc1cc(F)c(NC(=O)C2CC23CCNCC3)cc1F. The van der Waals surface area contributed by atoms with Gasteiger partial charge in [0.15, 0.2) is 17.4 Å². The molecule has 4 nitrogen and oxygen atoms in total. The normalized spacial score (nSPS) is 22.9. The number of benzene rings is 1. The molecule has 3 rings (SSSR count). The highest BCUT2D eigenvalue weighted by molar-refractivity contribution is 5.95. The van der Waals surface area contributed by atoms with Gasteiger partial charge in [0.1, 0.15) is 0 Å². The van der Waals surface area contributed by atoms with Crippen molar-refractivity contribution >= 4 is 11.6 Å². The van der Waals surface area contributed by atoms with Crippen LogP contribution in [-0.4, -0.2) is 26.1 Å². The van der Waals surface area contributed by atoms with Crippen LogP contribution in [0.2, 0.25) is 0 Å². The molecule has 114 valence electrons. The van der Waals surface area contributed by atoms with Gasteiger partial charge in [0, 0.05) is 18.1 Å². The third-order valence-corrected chi connectivity index (χ3v) is 4.60. The fourth-order valence-electron chi connectivity index (χ4n) is 3.20. The number of hydrogen-bond donors (Lipinski definition) is 2. The van der Waals surface area contributed by atoms with E-state index in [0.29, 0.717) is 0 Å². The van der Waals surface area contributed by atoms with Gasteiger partial charge >= 0.3 is 0 Å². The molecule has 2 fully saturated rings. The van der Waals surface area contributed by atoms with Crippen LogP contribution in [0.25, 0.3) is 0 Å². The standard InChI is InChI=1S/C15H18F2N2O2/c1-21-13-7-10(16)12(6-11(13)17)19-14(20)9-8-15(9)2-4-18-5-3-15/h6-7,9,18H,2-5,8H2,1H3,(H,19,20). The Morgan fingerprint density at radius 1 is 1.33 bits per heavy atom. The molecule has 2 aliphatic rings. The largest absolute Gasteiger partial charge is 0.494 e. The molecule has 1 saturated carbocycles. The number of carbonyl (C=O) groups is 1. The van der Waals surface area contributed by atoms with Crippen molar-refractivity contribution in [2.45, 2.75) is 19.3 Å². The molecule has 1 saturated heterocycles. The van der Waals surface area contributed by atoms with Crippen LogP contribution in [0.5, 0.6) is 5.75 Å². The molecule has 2 N–H and O–H groups in total. The van der Waals surface area contributed by atoms with Crippen LogP contribution in [-0.2, 0) is 4.79 Å². The van der Waals surface area contributed by atoms with E-state index < -0.39 is 11.6 Å². The summed E-state index contributed by atoms with van der Waals surface area (Å²) in [7, 11) is 1.27. The zero-order valence-corrected chi connectivity index (χ0v) is 11.8. The minimum Gasteiger partial charge on any atom is -0.494 e. The number of anilines is 1. The van der Waals surface area contributed by atoms with Crippen molar-refractivity contribution < 1.29 is 18.3 Å².